The fraction of sp³-hybridized carbons (Fsp3) is 0.950. The summed E-state index contributed by atoms with van der Waals surface area (Å²) in [4.78, 5) is 13.9. The average molecular weight is 465 g/mol. The number of nitrogens with zero attached hydrogens (tertiary/aromatic N) is 1. The van der Waals surface area contributed by atoms with E-state index in [4.69, 9.17) is 14.2 Å². The van der Waals surface area contributed by atoms with E-state index in [9.17, 15) is 40.5 Å². The zero-order chi connectivity index (χ0) is 23.7. The first-order valence-electron chi connectivity index (χ1n) is 11.0. The Bertz CT molecular complexity index is 633. The van der Waals surface area contributed by atoms with Gasteiger partial charge < -0.3 is 54.9 Å². The van der Waals surface area contributed by atoms with E-state index in [1.807, 2.05) is 13.8 Å². The minimum absolute atomic E-state index is 0.0890. The lowest BCUT2D eigenvalue weighted by molar-refractivity contribution is -0.347. The lowest BCUT2D eigenvalue weighted by Crippen LogP contribution is -2.66. The van der Waals surface area contributed by atoms with Crippen LogP contribution in [0, 0.1) is 11.8 Å². The molecule has 0 aromatic rings. The molecule has 32 heavy (non-hydrogen) atoms. The normalized spacial score (nSPS) is 45.6. The molecule has 186 valence electrons. The molecule has 0 aliphatic carbocycles. The van der Waals surface area contributed by atoms with Gasteiger partial charge >= 0.3 is 0 Å². The number of hydrogen-bond donors (Lipinski definition) is 7. The molecule has 1 amide bonds. The molecule has 3 fully saturated rings. The smallest absolute Gasteiger partial charge is 0.225 e. The van der Waals surface area contributed by atoms with Crippen molar-refractivity contribution in [3.63, 3.8) is 0 Å². The topological polar surface area (TPSA) is 190 Å². The van der Waals surface area contributed by atoms with Crippen molar-refractivity contribution in [3.05, 3.63) is 0 Å². The van der Waals surface area contributed by atoms with Gasteiger partial charge in [0.1, 0.15) is 48.8 Å². The van der Waals surface area contributed by atoms with Crippen molar-refractivity contribution >= 4 is 5.91 Å². The van der Waals surface area contributed by atoms with Crippen LogP contribution in [0.15, 0.2) is 0 Å². The van der Waals surface area contributed by atoms with E-state index in [2.05, 4.69) is 0 Å². The predicted octanol–water partition coefficient (Wildman–Crippen LogP) is -3.49. The van der Waals surface area contributed by atoms with E-state index in [0.717, 1.165) is 6.42 Å². The van der Waals surface area contributed by atoms with E-state index in [1.165, 1.54) is 4.90 Å². The largest absolute Gasteiger partial charge is 0.394 e. The van der Waals surface area contributed by atoms with Crippen LogP contribution in [0.4, 0.5) is 0 Å². The molecule has 3 saturated heterocycles. The zero-order valence-corrected chi connectivity index (χ0v) is 18.2. The Hall–Kier alpha value is -0.930. The predicted molar refractivity (Wildman–Crippen MR) is 106 cm³/mol. The molecule has 3 rings (SSSR count). The number of likely N-dealkylation sites (tertiary alicyclic amines) is 1. The van der Waals surface area contributed by atoms with Gasteiger partial charge in [-0.2, -0.15) is 0 Å². The number of ether oxygens (including phenoxy) is 3. The van der Waals surface area contributed by atoms with Gasteiger partial charge in [0, 0.05) is 13.0 Å². The third kappa shape index (κ3) is 5.09. The monoisotopic (exact) mass is 465 g/mol. The third-order valence-electron chi connectivity index (χ3n) is 6.33. The van der Waals surface area contributed by atoms with Gasteiger partial charge in [0.2, 0.25) is 5.91 Å². The average Bonchev–Trinajstić information content (AvgIpc) is 3.10. The first-order chi connectivity index (χ1) is 15.1. The highest BCUT2D eigenvalue weighted by atomic mass is 16.7. The third-order valence-corrected chi connectivity index (χ3v) is 6.33. The van der Waals surface area contributed by atoms with Crippen molar-refractivity contribution in [1.82, 2.24) is 4.90 Å². The Morgan fingerprint density at radius 3 is 2.19 bits per heavy atom. The quantitative estimate of drug-likeness (QED) is 0.198. The van der Waals surface area contributed by atoms with Crippen LogP contribution in [0.3, 0.4) is 0 Å². The van der Waals surface area contributed by atoms with Crippen LogP contribution in [-0.2, 0) is 19.0 Å². The van der Waals surface area contributed by atoms with E-state index in [0.29, 0.717) is 18.9 Å². The summed E-state index contributed by atoms with van der Waals surface area (Å²) in [5.41, 5.74) is 0. The Labute approximate surface area is 185 Å². The van der Waals surface area contributed by atoms with Crippen molar-refractivity contribution in [1.29, 1.82) is 0 Å². The van der Waals surface area contributed by atoms with E-state index >= 15 is 0 Å². The number of hydrogen-bond acceptors (Lipinski definition) is 11. The summed E-state index contributed by atoms with van der Waals surface area (Å²) < 4.78 is 16.6. The summed E-state index contributed by atoms with van der Waals surface area (Å²) in [6.45, 7) is 3.14. The molecule has 12 nitrogen and oxygen atoms in total. The van der Waals surface area contributed by atoms with Crippen LogP contribution in [0.2, 0.25) is 0 Å². The summed E-state index contributed by atoms with van der Waals surface area (Å²) in [5.74, 6) is 0.250. The summed E-state index contributed by atoms with van der Waals surface area (Å²) >= 11 is 0. The molecule has 3 aliphatic heterocycles. The van der Waals surface area contributed by atoms with Crippen molar-refractivity contribution in [2.75, 3.05) is 19.8 Å². The van der Waals surface area contributed by atoms with Gasteiger partial charge in [-0.3, -0.25) is 4.79 Å². The van der Waals surface area contributed by atoms with Gasteiger partial charge in [-0.25, -0.2) is 0 Å². The molecule has 0 bridgehead atoms. The molecule has 0 radical (unpaired) electrons. The first kappa shape index (κ1) is 25.7. The maximum atomic E-state index is 12.5. The van der Waals surface area contributed by atoms with E-state index in [-0.39, 0.29) is 11.8 Å². The minimum Gasteiger partial charge on any atom is -0.394 e. The van der Waals surface area contributed by atoms with Gasteiger partial charge in [-0.15, -0.1) is 0 Å². The maximum Gasteiger partial charge on any atom is 0.225 e. The van der Waals surface area contributed by atoms with E-state index in [1.54, 1.807) is 0 Å². The molecule has 0 spiro atoms. The highest BCUT2D eigenvalue weighted by molar-refractivity contribution is 5.79. The second kappa shape index (κ2) is 10.6. The Morgan fingerprint density at radius 2 is 1.59 bits per heavy atom. The van der Waals surface area contributed by atoms with Crippen LogP contribution in [0.5, 0.6) is 0 Å². The molecule has 3 aliphatic rings. The van der Waals surface area contributed by atoms with Crippen molar-refractivity contribution in [3.8, 4) is 0 Å². The van der Waals surface area contributed by atoms with Crippen molar-refractivity contribution in [2.45, 2.75) is 88.0 Å². The molecule has 12 heteroatoms. The van der Waals surface area contributed by atoms with E-state index < -0.39 is 74.6 Å². The number of carbonyl (C=O) groups excluding carboxylic acids is 1. The molecule has 11 atom stereocenters. The van der Waals surface area contributed by atoms with Gasteiger partial charge in [0.25, 0.3) is 0 Å². The van der Waals surface area contributed by atoms with Crippen LogP contribution < -0.4 is 0 Å². The van der Waals surface area contributed by atoms with Crippen LogP contribution in [-0.4, -0.2) is 128 Å². The van der Waals surface area contributed by atoms with Crippen LogP contribution >= 0.6 is 0 Å². The minimum atomic E-state index is -1.73. The number of carbonyl (C=O) groups is 1. The van der Waals surface area contributed by atoms with Gasteiger partial charge in [0.05, 0.1) is 13.2 Å². The molecule has 0 unspecified atom stereocenters. The second-order valence-corrected chi connectivity index (χ2v) is 9.27. The Kier molecular flexibility index (Phi) is 8.47. The molecular weight excluding hydrogens is 430 g/mol. The molecule has 3 heterocycles. The Balaban J connectivity index is 1.71. The fourth-order valence-corrected chi connectivity index (χ4v) is 4.71. The highest BCUT2D eigenvalue weighted by Crippen LogP contribution is 2.33. The van der Waals surface area contributed by atoms with Crippen LogP contribution in [0.25, 0.3) is 0 Å². The Morgan fingerprint density at radius 1 is 0.938 bits per heavy atom. The van der Waals surface area contributed by atoms with Gasteiger partial charge in [0.15, 0.2) is 12.5 Å². The molecule has 7 N–H and O–H groups in total. The molecule has 0 saturated carbocycles. The van der Waals surface area contributed by atoms with Crippen molar-refractivity contribution < 1.29 is 54.8 Å². The lowest BCUT2D eigenvalue weighted by atomic mass is 9.95. The molecule has 0 aromatic heterocycles. The first-order valence-corrected chi connectivity index (χ1v) is 11.0. The summed E-state index contributed by atoms with van der Waals surface area (Å²) in [6, 6.07) is 0. The zero-order valence-electron chi connectivity index (χ0n) is 18.2. The summed E-state index contributed by atoms with van der Waals surface area (Å²) in [7, 11) is 0. The molecule has 0 aromatic carbocycles. The number of amides is 1. The highest BCUT2D eigenvalue weighted by Gasteiger charge is 2.52. The number of aliphatic hydroxyl groups is 7. The van der Waals surface area contributed by atoms with Gasteiger partial charge in [-0.1, -0.05) is 13.8 Å². The van der Waals surface area contributed by atoms with Gasteiger partial charge in [-0.05, 0) is 18.3 Å². The fourth-order valence-electron chi connectivity index (χ4n) is 4.71. The maximum absolute atomic E-state index is 12.5. The summed E-state index contributed by atoms with van der Waals surface area (Å²) in [5, 5.41) is 70.5. The van der Waals surface area contributed by atoms with Crippen molar-refractivity contribution in [2.24, 2.45) is 11.8 Å². The molecular formula is C20H35NO11. The summed E-state index contributed by atoms with van der Waals surface area (Å²) in [6.07, 6.45) is -13.7. The second-order valence-electron chi connectivity index (χ2n) is 9.27. The number of aliphatic hydroxyl groups excluding tert-OH is 7. The SMILES string of the molecule is CC(C)C[C@@H]1CC(=O)N([C@@H]2O[C@H](CO)[C@@H](O[C@@H]3O[C@H](CO)[C@H](O)[C@H](O)[C@H]3O)[C@H](O)[C@H]2O)C1. The number of rotatable bonds is 7. The van der Waals surface area contributed by atoms with Crippen LogP contribution in [0.1, 0.15) is 26.7 Å². The standard InChI is InChI=1S/C20H35NO11/c1-8(2)3-9-4-12(24)21(5-9)19-16(28)15(27)18(11(7-23)30-19)32-20-17(29)14(26)13(25)10(6-22)31-20/h8-11,13-20,22-23,25-29H,3-7H2,1-2H3/t9-,10-,11-,13+,14+,15-,16-,17-,18-,19-,20+/m1/s1. The lowest BCUT2D eigenvalue weighted by Gasteiger charge is -2.47.